The maximum atomic E-state index is 12.2. The molecule has 1 aromatic heterocycles. The highest BCUT2D eigenvalue weighted by Gasteiger charge is 2.17. The summed E-state index contributed by atoms with van der Waals surface area (Å²) in [5, 5.41) is 13.3. The van der Waals surface area contributed by atoms with Crippen LogP contribution in [0.2, 0.25) is 0 Å². The molecule has 1 aliphatic rings. The summed E-state index contributed by atoms with van der Waals surface area (Å²) >= 11 is 0. The second-order valence-electron chi connectivity index (χ2n) is 6.42. The zero-order valence-electron chi connectivity index (χ0n) is 15.4. The Morgan fingerprint density at radius 3 is 2.59 bits per heavy atom. The van der Waals surface area contributed by atoms with E-state index >= 15 is 0 Å². The van der Waals surface area contributed by atoms with Crippen LogP contribution in [0.15, 0.2) is 36.5 Å². The Kier molecular flexibility index (Phi) is 6.43. The fourth-order valence-electron chi connectivity index (χ4n) is 3.01. The van der Waals surface area contributed by atoms with Gasteiger partial charge < -0.3 is 20.7 Å². The van der Waals surface area contributed by atoms with Gasteiger partial charge in [0.05, 0.1) is 13.2 Å². The Hall–Kier alpha value is -2.87. The van der Waals surface area contributed by atoms with Crippen molar-refractivity contribution in [2.75, 3.05) is 33.3 Å². The molecule has 0 saturated carbocycles. The fourth-order valence-corrected chi connectivity index (χ4v) is 3.01. The number of piperidine rings is 1. The molecule has 0 spiro atoms. The molecule has 0 radical (unpaired) electrons. The lowest BCUT2D eigenvalue weighted by atomic mass is 10.1. The van der Waals surface area contributed by atoms with Crippen LogP contribution in [0, 0.1) is 0 Å². The molecule has 1 saturated heterocycles. The number of carbonyl (C=O) groups excluding carboxylic acids is 2. The van der Waals surface area contributed by atoms with Crippen molar-refractivity contribution < 1.29 is 14.3 Å². The van der Waals surface area contributed by atoms with Gasteiger partial charge >= 0.3 is 0 Å². The van der Waals surface area contributed by atoms with E-state index in [1.807, 2.05) is 10.9 Å². The van der Waals surface area contributed by atoms with Gasteiger partial charge in [-0.1, -0.05) is 0 Å². The Morgan fingerprint density at radius 1 is 1.19 bits per heavy atom. The van der Waals surface area contributed by atoms with Crippen molar-refractivity contribution in [2.24, 2.45) is 0 Å². The smallest absolute Gasteiger partial charge is 0.271 e. The molecule has 1 fully saturated rings. The first-order valence-corrected chi connectivity index (χ1v) is 9.13. The van der Waals surface area contributed by atoms with Gasteiger partial charge in [-0.3, -0.25) is 14.3 Å². The number of aromatic nitrogens is 2. The molecular formula is C19H25N5O3. The van der Waals surface area contributed by atoms with Crippen molar-refractivity contribution in [3.05, 3.63) is 47.8 Å². The van der Waals surface area contributed by atoms with E-state index in [0.717, 1.165) is 25.9 Å². The third-order valence-electron chi connectivity index (χ3n) is 4.53. The quantitative estimate of drug-likeness (QED) is 0.631. The van der Waals surface area contributed by atoms with Gasteiger partial charge in [0.25, 0.3) is 11.8 Å². The van der Waals surface area contributed by atoms with Gasteiger partial charge in [0.1, 0.15) is 11.4 Å². The van der Waals surface area contributed by atoms with Crippen molar-refractivity contribution in [1.29, 1.82) is 0 Å². The summed E-state index contributed by atoms with van der Waals surface area (Å²) in [5.41, 5.74) is 0.934. The molecule has 27 heavy (non-hydrogen) atoms. The van der Waals surface area contributed by atoms with Crippen LogP contribution < -0.4 is 20.7 Å². The molecule has 8 heteroatoms. The fraction of sp³-hybridized carbons (Fsp3) is 0.421. The highest BCUT2D eigenvalue weighted by atomic mass is 16.5. The number of methoxy groups -OCH3 is 1. The van der Waals surface area contributed by atoms with Crippen LogP contribution in [0.5, 0.6) is 5.75 Å². The first-order chi connectivity index (χ1) is 13.2. The van der Waals surface area contributed by atoms with E-state index in [9.17, 15) is 9.59 Å². The lowest BCUT2D eigenvalue weighted by Gasteiger charge is -2.22. The number of nitrogens with zero attached hydrogens (tertiary/aromatic N) is 2. The molecule has 2 aromatic rings. The van der Waals surface area contributed by atoms with E-state index in [2.05, 4.69) is 21.0 Å². The second kappa shape index (κ2) is 9.18. The molecule has 1 atom stereocenters. The second-order valence-corrected chi connectivity index (χ2v) is 6.42. The van der Waals surface area contributed by atoms with Gasteiger partial charge in [-0.15, -0.1) is 0 Å². The van der Waals surface area contributed by atoms with Crippen molar-refractivity contribution in [3.8, 4) is 5.75 Å². The number of hydrogen-bond donors (Lipinski definition) is 3. The number of nitrogens with one attached hydrogen (secondary N) is 3. The Balaban J connectivity index is 1.41. The highest BCUT2D eigenvalue weighted by molar-refractivity contribution is 5.94. The predicted molar refractivity (Wildman–Crippen MR) is 101 cm³/mol. The largest absolute Gasteiger partial charge is 0.497 e. The minimum absolute atomic E-state index is 0.194. The van der Waals surface area contributed by atoms with E-state index in [4.69, 9.17) is 4.74 Å². The van der Waals surface area contributed by atoms with Crippen LogP contribution in [-0.2, 0) is 0 Å². The van der Waals surface area contributed by atoms with Gasteiger partial charge in [-0.25, -0.2) is 0 Å². The zero-order chi connectivity index (χ0) is 19.1. The topological polar surface area (TPSA) is 97.3 Å². The minimum atomic E-state index is -0.240. The molecule has 3 N–H and O–H groups in total. The molecule has 144 valence electrons. The van der Waals surface area contributed by atoms with Gasteiger partial charge in [-0.05, 0) is 49.7 Å². The van der Waals surface area contributed by atoms with Gasteiger partial charge in [0, 0.05) is 31.4 Å². The molecule has 1 aromatic carbocycles. The standard InChI is InChI=1S/C19H25N5O3/c1-27-16-6-4-14(5-7-16)18(25)21-10-11-22-19(26)17-8-12-24(23-17)15-3-2-9-20-13-15/h4-8,12,15,20H,2-3,9-11,13H2,1H3,(H,21,25)(H,22,26). The van der Waals surface area contributed by atoms with Gasteiger partial charge in [0.2, 0.25) is 0 Å². The number of amides is 2. The Labute approximate surface area is 158 Å². The van der Waals surface area contributed by atoms with Gasteiger partial charge in [0.15, 0.2) is 0 Å². The average molecular weight is 371 g/mol. The minimum Gasteiger partial charge on any atom is -0.497 e. The van der Waals surface area contributed by atoms with Crippen molar-refractivity contribution in [1.82, 2.24) is 25.7 Å². The summed E-state index contributed by atoms with van der Waals surface area (Å²) in [6, 6.07) is 8.87. The van der Waals surface area contributed by atoms with E-state index in [-0.39, 0.29) is 11.8 Å². The summed E-state index contributed by atoms with van der Waals surface area (Å²) in [6.07, 6.45) is 4.02. The van der Waals surface area contributed by atoms with Crippen LogP contribution >= 0.6 is 0 Å². The van der Waals surface area contributed by atoms with Crippen LogP contribution in [0.3, 0.4) is 0 Å². The highest BCUT2D eigenvalue weighted by Crippen LogP contribution is 2.15. The Bertz CT molecular complexity index is 766. The van der Waals surface area contributed by atoms with Gasteiger partial charge in [-0.2, -0.15) is 5.10 Å². The molecular weight excluding hydrogens is 346 g/mol. The lowest BCUT2D eigenvalue weighted by Crippen LogP contribution is -2.35. The number of hydrogen-bond acceptors (Lipinski definition) is 5. The molecule has 2 heterocycles. The first kappa shape index (κ1) is 18.9. The third-order valence-corrected chi connectivity index (χ3v) is 4.53. The van der Waals surface area contributed by atoms with Crippen LogP contribution in [0.4, 0.5) is 0 Å². The number of rotatable bonds is 7. The summed E-state index contributed by atoms with van der Waals surface area (Å²) in [7, 11) is 1.58. The van der Waals surface area contributed by atoms with E-state index in [0.29, 0.717) is 36.1 Å². The molecule has 0 bridgehead atoms. The Morgan fingerprint density at radius 2 is 1.93 bits per heavy atom. The summed E-state index contributed by atoms with van der Waals surface area (Å²) in [4.78, 5) is 24.2. The molecule has 8 nitrogen and oxygen atoms in total. The third kappa shape index (κ3) is 5.07. The average Bonchev–Trinajstić information content (AvgIpc) is 3.22. The van der Waals surface area contributed by atoms with Crippen LogP contribution in [0.25, 0.3) is 0 Å². The maximum absolute atomic E-state index is 12.2. The molecule has 1 unspecified atom stereocenters. The summed E-state index contributed by atoms with van der Waals surface area (Å²) in [6.45, 7) is 2.58. The first-order valence-electron chi connectivity index (χ1n) is 9.13. The maximum Gasteiger partial charge on any atom is 0.271 e. The predicted octanol–water partition coefficient (Wildman–Crippen LogP) is 0.976. The van der Waals surface area contributed by atoms with E-state index in [1.165, 1.54) is 0 Å². The number of ether oxygens (including phenoxy) is 1. The van der Waals surface area contributed by atoms with Crippen molar-refractivity contribution >= 4 is 11.8 Å². The summed E-state index contributed by atoms with van der Waals surface area (Å²) in [5.74, 6) is 0.263. The molecule has 2 amide bonds. The number of carbonyl (C=O) groups is 2. The van der Waals surface area contributed by atoms with Crippen LogP contribution in [0.1, 0.15) is 39.7 Å². The van der Waals surface area contributed by atoms with E-state index < -0.39 is 0 Å². The van der Waals surface area contributed by atoms with Crippen molar-refractivity contribution in [2.45, 2.75) is 18.9 Å². The molecule has 0 aliphatic carbocycles. The molecule has 1 aliphatic heterocycles. The number of benzene rings is 1. The zero-order valence-corrected chi connectivity index (χ0v) is 15.4. The molecule has 3 rings (SSSR count). The lowest BCUT2D eigenvalue weighted by molar-refractivity contribution is 0.0924. The monoisotopic (exact) mass is 371 g/mol. The summed E-state index contributed by atoms with van der Waals surface area (Å²) < 4.78 is 6.92. The normalized spacial score (nSPS) is 16.6. The van der Waals surface area contributed by atoms with Crippen LogP contribution in [-0.4, -0.2) is 54.9 Å². The van der Waals surface area contributed by atoms with Crippen molar-refractivity contribution in [3.63, 3.8) is 0 Å². The van der Waals surface area contributed by atoms with E-state index in [1.54, 1.807) is 37.4 Å². The SMILES string of the molecule is COc1ccc(C(=O)NCCNC(=O)c2ccn(C3CCCNC3)n2)cc1.